The molecular weight excluding hydrogens is 318 g/mol. The van der Waals surface area contributed by atoms with E-state index in [-0.39, 0.29) is 0 Å². The molecule has 1 N–H and O–H groups in total. The van der Waals surface area contributed by atoms with E-state index >= 15 is 0 Å². The molecule has 4 aliphatic carbocycles. The summed E-state index contributed by atoms with van der Waals surface area (Å²) in [6, 6.07) is 0. The lowest BCUT2D eigenvalue weighted by molar-refractivity contribution is -0.179. The predicted molar refractivity (Wildman–Crippen MR) is 72.9 cm³/mol. The molecule has 0 radical (unpaired) electrons. The molecule has 0 spiro atoms. The van der Waals surface area contributed by atoms with Crippen LogP contribution in [0.1, 0.15) is 38.5 Å². The number of halogens is 2. The van der Waals surface area contributed by atoms with Crippen LogP contribution in [-0.4, -0.2) is 37.2 Å². The van der Waals surface area contributed by atoms with Crippen LogP contribution in [-0.2, 0) is 19.6 Å². The van der Waals surface area contributed by atoms with Gasteiger partial charge in [0.25, 0.3) is 16.0 Å². The molecule has 22 heavy (non-hydrogen) atoms. The molecule has 4 bridgehead atoms. The molecule has 4 aliphatic rings. The van der Waals surface area contributed by atoms with E-state index in [4.69, 9.17) is 9.29 Å². The minimum atomic E-state index is -4.82. The smallest absolute Gasteiger partial charge is 0.312 e. The van der Waals surface area contributed by atoms with Gasteiger partial charge >= 0.3 is 5.97 Å². The molecule has 4 rings (SSSR count). The van der Waals surface area contributed by atoms with Gasteiger partial charge in [-0.15, -0.1) is 0 Å². The average molecular weight is 338 g/mol. The average Bonchev–Trinajstić information content (AvgIpc) is 2.31. The second-order valence-corrected chi connectivity index (χ2v) is 8.81. The maximum atomic E-state index is 13.4. The first-order valence-corrected chi connectivity index (χ1v) is 9.18. The molecule has 0 aliphatic heterocycles. The van der Waals surface area contributed by atoms with Gasteiger partial charge in [-0.3, -0.25) is 9.35 Å². The SMILES string of the molecule is O=C(OCC(F)(F)CS(=O)(=O)O)C12CC3CC(CC(C3)C1)C2. The third-order valence-electron chi connectivity index (χ3n) is 5.28. The van der Waals surface area contributed by atoms with Crippen molar-refractivity contribution < 1.29 is 31.3 Å². The maximum Gasteiger partial charge on any atom is 0.312 e. The summed E-state index contributed by atoms with van der Waals surface area (Å²) in [5.74, 6) is -4.67. The number of carbonyl (C=O) groups excluding carboxylic acids is 1. The van der Waals surface area contributed by atoms with Crippen molar-refractivity contribution >= 4 is 16.1 Å². The quantitative estimate of drug-likeness (QED) is 0.614. The fourth-order valence-electron chi connectivity index (χ4n) is 4.99. The predicted octanol–water partition coefficient (Wildman–Crippen LogP) is 2.27. The second kappa shape index (κ2) is 5.12. The second-order valence-electron chi connectivity index (χ2n) is 7.36. The Morgan fingerprint density at radius 1 is 1.14 bits per heavy atom. The maximum absolute atomic E-state index is 13.4. The summed E-state index contributed by atoms with van der Waals surface area (Å²) >= 11 is 0. The number of alkyl halides is 2. The van der Waals surface area contributed by atoms with Crippen LogP contribution in [0.5, 0.6) is 0 Å². The summed E-state index contributed by atoms with van der Waals surface area (Å²) in [5.41, 5.74) is -0.650. The lowest BCUT2D eigenvalue weighted by Gasteiger charge is -2.55. The third-order valence-corrected chi connectivity index (χ3v) is 6.07. The molecule has 0 aromatic carbocycles. The van der Waals surface area contributed by atoms with E-state index in [1.165, 1.54) is 0 Å². The van der Waals surface area contributed by atoms with Gasteiger partial charge < -0.3 is 4.74 Å². The number of carbonyl (C=O) groups is 1. The Bertz CT molecular complexity index is 536. The number of hydrogen-bond acceptors (Lipinski definition) is 4. The van der Waals surface area contributed by atoms with E-state index in [2.05, 4.69) is 0 Å². The zero-order valence-electron chi connectivity index (χ0n) is 12.1. The number of hydrogen-bond donors (Lipinski definition) is 1. The highest BCUT2D eigenvalue weighted by atomic mass is 32.2. The summed E-state index contributed by atoms with van der Waals surface area (Å²) in [6.45, 7) is -1.30. The van der Waals surface area contributed by atoms with Crippen molar-refractivity contribution in [3.63, 3.8) is 0 Å². The van der Waals surface area contributed by atoms with Crippen LogP contribution in [0, 0.1) is 23.2 Å². The summed E-state index contributed by atoms with van der Waals surface area (Å²) in [7, 11) is -4.82. The molecule has 0 heterocycles. The van der Waals surface area contributed by atoms with E-state index in [9.17, 15) is 22.0 Å². The lowest BCUT2D eigenvalue weighted by Crippen LogP contribution is -2.51. The van der Waals surface area contributed by atoms with Gasteiger partial charge in [0.15, 0.2) is 6.61 Å². The molecule has 0 aromatic rings. The highest BCUT2D eigenvalue weighted by molar-refractivity contribution is 7.85. The Morgan fingerprint density at radius 2 is 1.59 bits per heavy atom. The van der Waals surface area contributed by atoms with Crippen LogP contribution in [0.2, 0.25) is 0 Å². The normalized spacial score (nSPS) is 37.3. The molecule has 126 valence electrons. The zero-order chi connectivity index (χ0) is 16.2. The minimum absolute atomic E-state index is 0.483. The molecule has 4 fully saturated rings. The van der Waals surface area contributed by atoms with Gasteiger partial charge in [0.05, 0.1) is 5.41 Å². The molecule has 0 atom stereocenters. The van der Waals surface area contributed by atoms with Crippen LogP contribution >= 0.6 is 0 Å². The fourth-order valence-corrected chi connectivity index (χ4v) is 5.61. The molecule has 0 amide bonds. The summed E-state index contributed by atoms with van der Waals surface area (Å²) in [5, 5.41) is 0. The lowest BCUT2D eigenvalue weighted by atomic mass is 9.49. The molecule has 5 nitrogen and oxygen atoms in total. The highest BCUT2D eigenvalue weighted by Crippen LogP contribution is 2.60. The summed E-state index contributed by atoms with van der Waals surface area (Å²) in [4.78, 5) is 12.3. The van der Waals surface area contributed by atoms with Gasteiger partial charge in [0.2, 0.25) is 0 Å². The Morgan fingerprint density at radius 3 is 2.00 bits per heavy atom. The number of rotatable bonds is 5. The first-order valence-electron chi connectivity index (χ1n) is 7.57. The summed E-state index contributed by atoms with van der Waals surface area (Å²) in [6.07, 6.45) is 5.44. The topological polar surface area (TPSA) is 80.7 Å². The van der Waals surface area contributed by atoms with Crippen molar-refractivity contribution in [2.24, 2.45) is 23.2 Å². The Balaban J connectivity index is 1.63. The Hall–Kier alpha value is -0.760. The van der Waals surface area contributed by atoms with Crippen LogP contribution in [0.3, 0.4) is 0 Å². The van der Waals surface area contributed by atoms with E-state index in [0.717, 1.165) is 19.3 Å². The molecule has 0 aromatic heterocycles. The molecule has 4 saturated carbocycles. The van der Waals surface area contributed by atoms with Gasteiger partial charge in [-0.2, -0.15) is 8.42 Å². The molecular formula is C14H20F2O5S. The largest absolute Gasteiger partial charge is 0.459 e. The van der Waals surface area contributed by atoms with Crippen LogP contribution < -0.4 is 0 Å². The number of esters is 1. The van der Waals surface area contributed by atoms with Crippen LogP contribution in [0.15, 0.2) is 0 Å². The summed E-state index contributed by atoms with van der Waals surface area (Å²) < 4.78 is 61.2. The zero-order valence-corrected chi connectivity index (χ0v) is 12.9. The molecule has 0 unspecified atom stereocenters. The van der Waals surface area contributed by atoms with Crippen molar-refractivity contribution in [3.05, 3.63) is 0 Å². The highest BCUT2D eigenvalue weighted by Gasteiger charge is 2.56. The van der Waals surface area contributed by atoms with Crippen LogP contribution in [0.4, 0.5) is 8.78 Å². The number of ether oxygens (including phenoxy) is 1. The molecule has 0 saturated heterocycles. The van der Waals surface area contributed by atoms with Gasteiger partial charge in [-0.05, 0) is 56.3 Å². The fraction of sp³-hybridized carbons (Fsp3) is 0.929. The van der Waals surface area contributed by atoms with E-state index in [1.807, 2.05) is 0 Å². The van der Waals surface area contributed by atoms with Crippen molar-refractivity contribution in [2.75, 3.05) is 12.4 Å². The van der Waals surface area contributed by atoms with E-state index in [1.54, 1.807) is 0 Å². The van der Waals surface area contributed by atoms with Gasteiger partial charge in [-0.25, -0.2) is 8.78 Å². The Kier molecular flexibility index (Phi) is 3.75. The Labute approximate surface area is 128 Å². The van der Waals surface area contributed by atoms with Crippen LogP contribution in [0.25, 0.3) is 0 Å². The first-order chi connectivity index (χ1) is 10.1. The van der Waals surface area contributed by atoms with E-state index in [0.29, 0.717) is 37.0 Å². The molecule has 8 heteroatoms. The van der Waals surface area contributed by atoms with Crippen molar-refractivity contribution in [1.29, 1.82) is 0 Å². The van der Waals surface area contributed by atoms with Crippen molar-refractivity contribution in [3.8, 4) is 0 Å². The van der Waals surface area contributed by atoms with Crippen molar-refractivity contribution in [2.45, 2.75) is 44.4 Å². The van der Waals surface area contributed by atoms with Gasteiger partial charge in [0, 0.05) is 0 Å². The van der Waals surface area contributed by atoms with Crippen molar-refractivity contribution in [1.82, 2.24) is 0 Å². The monoisotopic (exact) mass is 338 g/mol. The standard InChI is InChI=1S/C14H20F2O5S/c15-14(16,8-22(18,19)20)7-21-12(17)13-4-9-1-10(5-13)3-11(2-9)6-13/h9-11H,1-8H2,(H,18,19,20). The first kappa shape index (κ1) is 16.1. The van der Waals surface area contributed by atoms with Gasteiger partial charge in [-0.1, -0.05) is 0 Å². The van der Waals surface area contributed by atoms with Gasteiger partial charge in [0.1, 0.15) is 5.75 Å². The third kappa shape index (κ3) is 3.27. The van der Waals surface area contributed by atoms with E-state index < -0.39 is 39.8 Å². The minimum Gasteiger partial charge on any atom is -0.459 e.